The van der Waals surface area contributed by atoms with Gasteiger partial charge in [-0.05, 0) is 50.7 Å². The third kappa shape index (κ3) is 11.0. The molecule has 0 saturated heterocycles. The van der Waals surface area contributed by atoms with Crippen molar-refractivity contribution >= 4 is 45.6 Å². The minimum Gasteiger partial charge on any atom is -0.195 e. The first-order valence-electron chi connectivity index (χ1n) is 18.2. The Hall–Kier alpha value is -5.78. The van der Waals surface area contributed by atoms with Crippen molar-refractivity contribution in [3.05, 3.63) is 256 Å². The van der Waals surface area contributed by atoms with Crippen molar-refractivity contribution in [2.45, 2.75) is 6.92 Å². The standard InChI is InChI=1S/C24H20B.C20H15N2.C5H5.2CO.Re/c1-5-13-21(14-6-1)25(22-15-7-2-8-16-22,23-17-9-3-10-18-23)24-19-11-4-12-20-24;1-15-10-12-16(13-11-15)14-22-20-9-5-3-7-18(20)17-6-2-4-8-19(17)21-22;1-2-4-5-3-1;2*1-2;/h1-20H;2-13H,1H3;1-5H;;;/q2*-1;;;;. The van der Waals surface area contributed by atoms with Crippen LogP contribution in [0.2, 0.25) is 0 Å². The average Bonchev–Trinajstić information content (AvgIpc) is 3.89. The molecule has 1 aliphatic carbocycles. The Morgan fingerprint density at radius 1 is 0.439 bits per heavy atom. The molecule has 0 spiro atoms. The van der Waals surface area contributed by atoms with E-state index in [2.05, 4.69) is 196 Å². The first kappa shape index (κ1) is 43.9. The van der Waals surface area contributed by atoms with Crippen LogP contribution in [0.5, 0.6) is 0 Å². The zero-order chi connectivity index (χ0) is 39.4. The zero-order valence-electron chi connectivity index (χ0n) is 31.5. The fourth-order valence-electron chi connectivity index (χ4n) is 7.11. The Morgan fingerprint density at radius 2 is 0.789 bits per heavy atom. The third-order valence-electron chi connectivity index (χ3n) is 9.57. The van der Waals surface area contributed by atoms with Gasteiger partial charge in [0, 0.05) is 26.0 Å². The Labute approximate surface area is 352 Å². The van der Waals surface area contributed by atoms with E-state index in [0.29, 0.717) is 0 Å². The molecule has 1 saturated carbocycles. The molecular formula is C51H40BN2O2Re-2. The SMILES string of the molecule is Cc1ccc([C-]=[N+]2[N-]c3ccccc3-c3ccccc32)cc1.[C-]#[O+].[C-]#[O+].[CH]1[CH][CH][CH][CH]1.[Re].c1ccc([B-](c2ccccc2)(c2ccccc2)c2ccccc2)cc1. The van der Waals surface area contributed by atoms with Crippen molar-refractivity contribution in [2.75, 3.05) is 0 Å². The van der Waals surface area contributed by atoms with E-state index in [0.717, 1.165) is 16.9 Å². The summed E-state index contributed by atoms with van der Waals surface area (Å²) in [6.45, 7) is 11.1. The van der Waals surface area contributed by atoms with E-state index in [1.807, 2.05) is 61.1 Å². The molecule has 0 amide bonds. The van der Waals surface area contributed by atoms with Crippen LogP contribution in [0.25, 0.3) is 16.6 Å². The predicted octanol–water partition coefficient (Wildman–Crippen LogP) is 9.24. The second-order valence-electron chi connectivity index (χ2n) is 12.9. The van der Waals surface area contributed by atoms with Gasteiger partial charge in [-0.25, -0.2) is 0 Å². The molecule has 0 atom stereocenters. The molecule has 0 aromatic heterocycles. The summed E-state index contributed by atoms with van der Waals surface area (Å²) in [6, 6.07) is 68.4. The molecule has 9 rings (SSSR count). The molecule has 57 heavy (non-hydrogen) atoms. The van der Waals surface area contributed by atoms with Crippen molar-refractivity contribution in [3.63, 3.8) is 0 Å². The number of fused-ring (bicyclic) bond motifs is 3. The maximum atomic E-state index is 7.50. The van der Waals surface area contributed by atoms with Gasteiger partial charge in [-0.3, -0.25) is 0 Å². The predicted molar refractivity (Wildman–Crippen MR) is 230 cm³/mol. The van der Waals surface area contributed by atoms with E-state index in [4.69, 9.17) is 14.7 Å². The van der Waals surface area contributed by atoms with Crippen molar-refractivity contribution in [2.24, 2.45) is 0 Å². The summed E-state index contributed by atoms with van der Waals surface area (Å²) in [5.74, 6) is 0. The molecule has 4 nitrogen and oxygen atoms in total. The van der Waals surface area contributed by atoms with Gasteiger partial charge in [0.2, 0.25) is 0 Å². The number of rotatable bonds is 5. The van der Waals surface area contributed by atoms with Gasteiger partial charge >= 0.3 is 22.6 Å². The van der Waals surface area contributed by atoms with E-state index in [9.17, 15) is 0 Å². The Morgan fingerprint density at radius 3 is 1.21 bits per heavy atom. The number of benzene rings is 7. The molecule has 1 fully saturated rings. The molecule has 1 aliphatic heterocycles. The topological polar surface area (TPSA) is 56.9 Å². The van der Waals surface area contributed by atoms with Crippen LogP contribution in [-0.2, 0) is 29.7 Å². The van der Waals surface area contributed by atoms with Crippen LogP contribution in [0, 0.1) is 52.3 Å². The minimum absolute atomic E-state index is 0. The summed E-state index contributed by atoms with van der Waals surface area (Å²) in [6.07, 6.45) is 12.2. The van der Waals surface area contributed by atoms with Gasteiger partial charge in [0.15, 0.2) is 0 Å². The molecule has 7 aromatic carbocycles. The quantitative estimate of drug-likeness (QED) is 0.0717. The van der Waals surface area contributed by atoms with Crippen molar-refractivity contribution in [1.82, 2.24) is 0 Å². The van der Waals surface area contributed by atoms with Crippen molar-refractivity contribution < 1.29 is 34.4 Å². The summed E-state index contributed by atoms with van der Waals surface area (Å²) >= 11 is 0. The number of hydrogen-bond acceptors (Lipinski definition) is 0. The molecular weight excluding hydrogens is 870 g/mol. The number of nitrogens with zero attached hydrogens (tertiary/aromatic N) is 2. The molecule has 0 N–H and O–H groups in total. The summed E-state index contributed by atoms with van der Waals surface area (Å²) in [4.78, 5) is 0. The van der Waals surface area contributed by atoms with Crippen LogP contribution in [-0.4, -0.2) is 17.0 Å². The van der Waals surface area contributed by atoms with Gasteiger partial charge < -0.3 is 10.1 Å². The zero-order valence-corrected chi connectivity index (χ0v) is 34.2. The van der Waals surface area contributed by atoms with E-state index in [-0.39, 0.29) is 20.4 Å². The van der Waals surface area contributed by atoms with E-state index >= 15 is 0 Å². The van der Waals surface area contributed by atoms with Crippen LogP contribution in [0.1, 0.15) is 11.1 Å². The third-order valence-corrected chi connectivity index (χ3v) is 9.57. The Bertz CT molecular complexity index is 2110. The van der Waals surface area contributed by atoms with Gasteiger partial charge in [-0.15, -0.1) is 24.3 Å². The molecule has 2 aliphatic rings. The molecule has 278 valence electrons. The van der Waals surface area contributed by atoms with Crippen LogP contribution in [0.3, 0.4) is 0 Å². The number of hydrogen-bond donors (Lipinski definition) is 0. The van der Waals surface area contributed by atoms with E-state index < -0.39 is 6.15 Å². The molecule has 6 radical (unpaired) electrons. The molecule has 0 bridgehead atoms. The first-order chi connectivity index (χ1) is 27.7. The molecule has 6 heteroatoms. The van der Waals surface area contributed by atoms with Gasteiger partial charge in [0.25, 0.3) is 0 Å². The maximum Gasteiger partial charge on any atom is 0.108 e. The van der Waals surface area contributed by atoms with Crippen LogP contribution < -0.4 is 21.9 Å². The number of aryl methyl sites for hydroxylation is 1. The maximum absolute atomic E-state index is 7.50. The monoisotopic (exact) mass is 910 g/mol. The Balaban J connectivity index is 0.000000207. The minimum atomic E-state index is -1.22. The Kier molecular flexibility index (Phi) is 18.0. The molecule has 7 aromatic rings. The first-order valence-corrected chi connectivity index (χ1v) is 18.2. The van der Waals surface area contributed by atoms with Crippen LogP contribution in [0.4, 0.5) is 11.4 Å². The summed E-state index contributed by atoms with van der Waals surface area (Å²) in [5, 5.41) is 0. The summed E-state index contributed by atoms with van der Waals surface area (Å²) < 4.78 is 16.8. The van der Waals surface area contributed by atoms with Crippen molar-refractivity contribution in [1.29, 1.82) is 0 Å². The van der Waals surface area contributed by atoms with Crippen LogP contribution >= 0.6 is 0 Å². The largest absolute Gasteiger partial charge is 0.195 e. The fourth-order valence-corrected chi connectivity index (χ4v) is 7.11. The van der Waals surface area contributed by atoms with Gasteiger partial charge in [-0.1, -0.05) is 181 Å². The van der Waals surface area contributed by atoms with E-state index in [1.54, 1.807) is 0 Å². The second-order valence-corrected chi connectivity index (χ2v) is 12.9. The fraction of sp³-hybridized carbons (Fsp3) is 0.0196. The van der Waals surface area contributed by atoms with Gasteiger partial charge in [-0.2, -0.15) is 21.9 Å². The van der Waals surface area contributed by atoms with Gasteiger partial charge in [0.05, 0.1) is 0 Å². The summed E-state index contributed by atoms with van der Waals surface area (Å²) in [7, 11) is 0. The molecule has 0 unspecified atom stereocenters. The normalized spacial score (nSPS) is 12.5. The van der Waals surface area contributed by atoms with Gasteiger partial charge in [0.1, 0.15) is 18.0 Å². The van der Waals surface area contributed by atoms with E-state index in [1.165, 1.54) is 38.5 Å². The second kappa shape index (κ2) is 23.3. The smallest absolute Gasteiger partial charge is 0.108 e. The molecule has 1 heterocycles. The average molecular weight is 910 g/mol. The number of para-hydroxylation sites is 1. The summed E-state index contributed by atoms with van der Waals surface area (Å²) in [5.41, 5.74) is 16.7. The van der Waals surface area contributed by atoms with Crippen LogP contribution in [0.15, 0.2) is 194 Å². The van der Waals surface area contributed by atoms with Crippen molar-refractivity contribution in [3.8, 4) is 11.1 Å².